The van der Waals surface area contributed by atoms with Gasteiger partial charge in [0.2, 0.25) is 0 Å². The van der Waals surface area contributed by atoms with E-state index in [1.807, 2.05) is 4.90 Å². The van der Waals surface area contributed by atoms with Gasteiger partial charge in [0, 0.05) is 18.2 Å². The minimum atomic E-state index is -0.621. The third kappa shape index (κ3) is 4.04. The van der Waals surface area contributed by atoms with Crippen molar-refractivity contribution in [2.45, 2.75) is 51.5 Å². The minimum Gasteiger partial charge on any atom is -0.452 e. The van der Waals surface area contributed by atoms with Gasteiger partial charge in [0.05, 0.1) is 5.02 Å². The molecule has 1 amide bonds. The first-order valence-corrected chi connectivity index (χ1v) is 10.6. The van der Waals surface area contributed by atoms with Gasteiger partial charge in [0.15, 0.2) is 6.61 Å². The Morgan fingerprint density at radius 3 is 2.79 bits per heavy atom. The predicted molar refractivity (Wildman–Crippen MR) is 109 cm³/mol. The van der Waals surface area contributed by atoms with Gasteiger partial charge in [-0.1, -0.05) is 47.8 Å². The van der Waals surface area contributed by atoms with E-state index >= 15 is 0 Å². The van der Waals surface area contributed by atoms with Crippen LogP contribution < -0.4 is 0 Å². The molecule has 0 unspecified atom stereocenters. The molecule has 6 nitrogen and oxygen atoms in total. The van der Waals surface area contributed by atoms with E-state index in [4.69, 9.17) is 20.9 Å². The second-order valence-electron chi connectivity index (χ2n) is 7.86. The lowest BCUT2D eigenvalue weighted by molar-refractivity contribution is -0.140. The number of amides is 1. The van der Waals surface area contributed by atoms with Crippen molar-refractivity contribution in [3.63, 3.8) is 0 Å². The Bertz CT molecular complexity index is 908. The number of nitrogens with zero attached hydrogens (tertiary/aromatic N) is 2. The van der Waals surface area contributed by atoms with Gasteiger partial charge in [0.1, 0.15) is 17.0 Å². The minimum absolute atomic E-state index is 0.122. The monoisotopic (exact) mass is 416 g/mol. The third-order valence-electron chi connectivity index (χ3n) is 6.09. The molecule has 1 aliphatic carbocycles. The highest BCUT2D eigenvalue weighted by Gasteiger charge is 2.36. The highest BCUT2D eigenvalue weighted by molar-refractivity contribution is 6.33. The first kappa shape index (κ1) is 20.0. The summed E-state index contributed by atoms with van der Waals surface area (Å²) in [4.78, 5) is 27.5. The van der Waals surface area contributed by atoms with Gasteiger partial charge in [-0.25, -0.2) is 4.79 Å². The molecular weight excluding hydrogens is 392 g/mol. The standard InChI is InChI=1S/C22H25ClN2O4/c1-14-20(21(24-29-14)16-9-3-4-10-17(16)23)22(27)28-13-19(26)25-12-6-8-15-7-2-5-11-18(15)25/h3-4,9-10,15,18H,2,5-8,11-13H2,1H3/t15-,18-/m1/s1. The number of hydrogen-bond acceptors (Lipinski definition) is 5. The maximum Gasteiger partial charge on any atom is 0.344 e. The van der Waals surface area contributed by atoms with Crippen LogP contribution in [-0.4, -0.2) is 41.1 Å². The lowest BCUT2D eigenvalue weighted by Crippen LogP contribution is -2.50. The van der Waals surface area contributed by atoms with Crippen molar-refractivity contribution in [1.82, 2.24) is 10.1 Å². The number of halogens is 1. The van der Waals surface area contributed by atoms with Crippen molar-refractivity contribution >= 4 is 23.5 Å². The van der Waals surface area contributed by atoms with Crippen LogP contribution in [0.2, 0.25) is 5.02 Å². The van der Waals surface area contributed by atoms with Crippen molar-refractivity contribution in [1.29, 1.82) is 0 Å². The topological polar surface area (TPSA) is 72.6 Å². The Morgan fingerprint density at radius 1 is 1.21 bits per heavy atom. The highest BCUT2D eigenvalue weighted by Crippen LogP contribution is 2.35. The number of esters is 1. The van der Waals surface area contributed by atoms with E-state index in [0.717, 1.165) is 25.8 Å². The summed E-state index contributed by atoms with van der Waals surface area (Å²) in [6, 6.07) is 7.38. The van der Waals surface area contributed by atoms with Gasteiger partial charge in [-0.3, -0.25) is 4.79 Å². The maximum absolute atomic E-state index is 12.8. The summed E-state index contributed by atoms with van der Waals surface area (Å²) in [5.74, 6) is 0.180. The molecule has 154 valence electrons. The summed E-state index contributed by atoms with van der Waals surface area (Å²) in [5.41, 5.74) is 1.13. The first-order valence-electron chi connectivity index (χ1n) is 10.2. The van der Waals surface area contributed by atoms with Crippen LogP contribution in [0, 0.1) is 12.8 Å². The number of piperidine rings is 1. The smallest absolute Gasteiger partial charge is 0.344 e. The lowest BCUT2D eigenvalue weighted by atomic mass is 9.78. The quantitative estimate of drug-likeness (QED) is 0.679. The molecule has 1 saturated heterocycles. The van der Waals surface area contributed by atoms with Gasteiger partial charge in [0.25, 0.3) is 5.91 Å². The molecule has 4 rings (SSSR count). The average Bonchev–Trinajstić information content (AvgIpc) is 3.13. The SMILES string of the molecule is Cc1onc(-c2ccccc2Cl)c1C(=O)OCC(=O)N1CCC[C@H]2CCCC[C@H]21. The van der Waals surface area contributed by atoms with Gasteiger partial charge in [-0.15, -0.1) is 0 Å². The van der Waals surface area contributed by atoms with Gasteiger partial charge in [-0.05, 0) is 44.6 Å². The summed E-state index contributed by atoms with van der Waals surface area (Å²) >= 11 is 6.24. The molecule has 29 heavy (non-hydrogen) atoms. The van der Waals surface area contributed by atoms with Gasteiger partial charge < -0.3 is 14.2 Å². The Hall–Kier alpha value is -2.34. The number of aromatic nitrogens is 1. The van der Waals surface area contributed by atoms with Crippen molar-refractivity contribution in [2.24, 2.45) is 5.92 Å². The fourth-order valence-corrected chi connectivity index (χ4v) is 4.89. The van der Waals surface area contributed by atoms with Crippen LogP contribution in [0.15, 0.2) is 28.8 Å². The molecule has 1 aromatic heterocycles. The molecule has 2 fully saturated rings. The van der Waals surface area contributed by atoms with Crippen LogP contribution in [0.5, 0.6) is 0 Å². The molecule has 0 spiro atoms. The number of aryl methyl sites for hydroxylation is 1. The van der Waals surface area contributed by atoms with E-state index < -0.39 is 5.97 Å². The Kier molecular flexibility index (Phi) is 5.90. The molecule has 0 N–H and O–H groups in total. The second-order valence-corrected chi connectivity index (χ2v) is 8.27. The molecule has 2 aromatic rings. The highest BCUT2D eigenvalue weighted by atomic mass is 35.5. The van der Waals surface area contributed by atoms with Crippen LogP contribution >= 0.6 is 11.6 Å². The molecule has 0 bridgehead atoms. The van der Waals surface area contributed by atoms with Crippen LogP contribution in [0.4, 0.5) is 0 Å². The van der Waals surface area contributed by atoms with Gasteiger partial charge >= 0.3 is 5.97 Å². The molecule has 1 saturated carbocycles. The molecule has 7 heteroatoms. The number of rotatable bonds is 4. The third-order valence-corrected chi connectivity index (χ3v) is 6.42. The van der Waals surface area contributed by atoms with Crippen LogP contribution in [0.3, 0.4) is 0 Å². The average molecular weight is 417 g/mol. The fraction of sp³-hybridized carbons (Fsp3) is 0.500. The van der Waals surface area contributed by atoms with E-state index in [1.54, 1.807) is 31.2 Å². The molecule has 0 radical (unpaired) electrons. The molecule has 1 aromatic carbocycles. The summed E-state index contributed by atoms with van der Waals surface area (Å²) in [6.07, 6.45) is 6.85. The summed E-state index contributed by atoms with van der Waals surface area (Å²) < 4.78 is 10.6. The molecule has 2 heterocycles. The van der Waals surface area contributed by atoms with Crippen molar-refractivity contribution in [3.05, 3.63) is 40.6 Å². The van der Waals surface area contributed by atoms with Crippen LogP contribution in [0.25, 0.3) is 11.3 Å². The number of hydrogen-bond donors (Lipinski definition) is 0. The second kappa shape index (κ2) is 8.57. The molecule has 2 atom stereocenters. The normalized spacial score (nSPS) is 21.5. The Morgan fingerprint density at radius 2 is 1.97 bits per heavy atom. The molecule has 2 aliphatic rings. The first-order chi connectivity index (χ1) is 14.1. The largest absolute Gasteiger partial charge is 0.452 e. The zero-order valence-corrected chi connectivity index (χ0v) is 17.3. The number of carbonyl (C=O) groups is 2. The number of likely N-dealkylation sites (tertiary alicyclic amines) is 1. The summed E-state index contributed by atoms with van der Waals surface area (Å²) in [6.45, 7) is 2.12. The zero-order chi connectivity index (χ0) is 20.4. The van der Waals surface area contributed by atoms with E-state index in [0.29, 0.717) is 34.0 Å². The Labute approximate surface area is 175 Å². The fourth-order valence-electron chi connectivity index (χ4n) is 4.67. The van der Waals surface area contributed by atoms with E-state index in [1.165, 1.54) is 19.3 Å². The van der Waals surface area contributed by atoms with Crippen LogP contribution in [0.1, 0.15) is 54.6 Å². The summed E-state index contributed by atoms with van der Waals surface area (Å²) in [5, 5.41) is 4.44. The van der Waals surface area contributed by atoms with E-state index in [2.05, 4.69) is 5.16 Å². The van der Waals surface area contributed by atoms with E-state index in [-0.39, 0.29) is 18.1 Å². The number of benzene rings is 1. The van der Waals surface area contributed by atoms with Gasteiger partial charge in [-0.2, -0.15) is 0 Å². The predicted octanol–water partition coefficient (Wildman–Crippen LogP) is 4.64. The molecular formula is C22H25ClN2O4. The van der Waals surface area contributed by atoms with Crippen molar-refractivity contribution in [3.8, 4) is 11.3 Å². The lowest BCUT2D eigenvalue weighted by Gasteiger charge is -2.44. The van der Waals surface area contributed by atoms with Crippen molar-refractivity contribution in [2.75, 3.05) is 13.2 Å². The number of fused-ring (bicyclic) bond motifs is 1. The van der Waals surface area contributed by atoms with Crippen LogP contribution in [-0.2, 0) is 9.53 Å². The number of ether oxygens (including phenoxy) is 1. The Balaban J connectivity index is 1.46. The van der Waals surface area contributed by atoms with Crippen molar-refractivity contribution < 1.29 is 18.8 Å². The maximum atomic E-state index is 12.8. The molecule has 1 aliphatic heterocycles. The zero-order valence-electron chi connectivity index (χ0n) is 16.5. The number of carbonyl (C=O) groups excluding carboxylic acids is 2. The summed E-state index contributed by atoms with van der Waals surface area (Å²) in [7, 11) is 0. The van der Waals surface area contributed by atoms with E-state index in [9.17, 15) is 9.59 Å².